The van der Waals surface area contributed by atoms with Crippen LogP contribution in [0.1, 0.15) is 25.7 Å². The van der Waals surface area contributed by atoms with Crippen LogP contribution in [0.4, 0.5) is 5.82 Å². The van der Waals surface area contributed by atoms with Gasteiger partial charge in [-0.2, -0.15) is 0 Å². The van der Waals surface area contributed by atoms with Crippen LogP contribution in [0.3, 0.4) is 0 Å². The molecule has 2 aliphatic heterocycles. The molecule has 1 atom stereocenters. The summed E-state index contributed by atoms with van der Waals surface area (Å²) in [4.78, 5) is 6.80. The van der Waals surface area contributed by atoms with E-state index in [1.54, 1.807) is 0 Å². The van der Waals surface area contributed by atoms with E-state index < -0.39 is 0 Å². The molecular formula is C16H23N3O. The zero-order valence-corrected chi connectivity index (χ0v) is 11.9. The number of piperidine rings is 1. The van der Waals surface area contributed by atoms with E-state index in [-0.39, 0.29) is 0 Å². The number of ether oxygens (including phenoxy) is 1. The summed E-state index contributed by atoms with van der Waals surface area (Å²) in [5.74, 6) is 1.10. The number of hydrogen-bond donors (Lipinski definition) is 1. The lowest BCUT2D eigenvalue weighted by Gasteiger charge is -2.34. The van der Waals surface area contributed by atoms with Gasteiger partial charge in [0.2, 0.25) is 0 Å². The Kier molecular flexibility index (Phi) is 4.53. The van der Waals surface area contributed by atoms with Crippen molar-refractivity contribution in [3.63, 3.8) is 0 Å². The van der Waals surface area contributed by atoms with Gasteiger partial charge in [-0.25, -0.2) is 4.98 Å². The summed E-state index contributed by atoms with van der Waals surface area (Å²) < 4.78 is 5.60. The van der Waals surface area contributed by atoms with Gasteiger partial charge >= 0.3 is 0 Å². The van der Waals surface area contributed by atoms with Crippen LogP contribution in [0, 0.1) is 0 Å². The predicted octanol–water partition coefficient (Wildman–Crippen LogP) is 2.33. The van der Waals surface area contributed by atoms with Crippen LogP contribution in [0.15, 0.2) is 36.7 Å². The van der Waals surface area contributed by atoms with E-state index in [0.717, 1.165) is 38.3 Å². The van der Waals surface area contributed by atoms with Crippen LogP contribution in [0.5, 0.6) is 0 Å². The average Bonchev–Trinajstić information content (AvgIpc) is 2.55. The average molecular weight is 273 g/mol. The molecule has 1 N–H and O–H groups in total. The van der Waals surface area contributed by atoms with E-state index in [0.29, 0.717) is 12.1 Å². The normalized spacial score (nSPS) is 23.6. The molecule has 2 aliphatic rings. The molecule has 0 saturated carbocycles. The number of aromatic nitrogens is 1. The first kappa shape index (κ1) is 13.4. The predicted molar refractivity (Wildman–Crippen MR) is 80.7 cm³/mol. The minimum Gasteiger partial charge on any atom is -0.497 e. The fraction of sp³-hybridized carbons (Fsp3) is 0.562. The summed E-state index contributed by atoms with van der Waals surface area (Å²) in [6.07, 6.45) is 10.8. The van der Waals surface area contributed by atoms with Gasteiger partial charge in [-0.15, -0.1) is 0 Å². The fourth-order valence-corrected chi connectivity index (χ4v) is 2.89. The molecule has 0 aliphatic carbocycles. The Morgan fingerprint density at radius 3 is 2.85 bits per heavy atom. The van der Waals surface area contributed by atoms with Gasteiger partial charge in [-0.1, -0.05) is 6.07 Å². The molecule has 0 aromatic carbocycles. The number of hydrogen-bond acceptors (Lipinski definition) is 4. The van der Waals surface area contributed by atoms with Crippen LogP contribution in [0.2, 0.25) is 0 Å². The summed E-state index contributed by atoms with van der Waals surface area (Å²) in [6.45, 7) is 3.14. The highest BCUT2D eigenvalue weighted by Crippen LogP contribution is 2.17. The zero-order valence-electron chi connectivity index (χ0n) is 11.9. The Morgan fingerprint density at radius 2 is 2.15 bits per heavy atom. The molecular weight excluding hydrogens is 250 g/mol. The van der Waals surface area contributed by atoms with Crippen molar-refractivity contribution in [1.82, 2.24) is 10.3 Å². The van der Waals surface area contributed by atoms with E-state index in [4.69, 9.17) is 4.74 Å². The van der Waals surface area contributed by atoms with Gasteiger partial charge in [0.15, 0.2) is 0 Å². The maximum Gasteiger partial charge on any atom is 0.128 e. The van der Waals surface area contributed by atoms with Gasteiger partial charge in [0.1, 0.15) is 11.9 Å². The smallest absolute Gasteiger partial charge is 0.128 e. The minimum atomic E-state index is 0.355. The van der Waals surface area contributed by atoms with E-state index in [1.165, 1.54) is 12.8 Å². The van der Waals surface area contributed by atoms with Crippen LogP contribution in [-0.2, 0) is 4.74 Å². The third kappa shape index (κ3) is 3.51. The first-order chi connectivity index (χ1) is 9.92. The maximum absolute atomic E-state index is 5.60. The molecule has 1 unspecified atom stereocenters. The van der Waals surface area contributed by atoms with Crippen molar-refractivity contribution in [3.05, 3.63) is 36.7 Å². The molecule has 4 heteroatoms. The van der Waals surface area contributed by atoms with Gasteiger partial charge < -0.3 is 15.0 Å². The molecule has 0 amide bonds. The number of nitrogens with one attached hydrogen (secondary N) is 1. The number of nitrogens with zero attached hydrogens (tertiary/aromatic N) is 2. The van der Waals surface area contributed by atoms with Crippen molar-refractivity contribution in [2.24, 2.45) is 0 Å². The lowest BCUT2D eigenvalue weighted by molar-refractivity contribution is 0.118. The molecule has 108 valence electrons. The van der Waals surface area contributed by atoms with Crippen molar-refractivity contribution in [1.29, 1.82) is 0 Å². The molecule has 1 aromatic rings. The second-order valence-electron chi connectivity index (χ2n) is 5.56. The van der Waals surface area contributed by atoms with Crippen LogP contribution in [0.25, 0.3) is 0 Å². The van der Waals surface area contributed by atoms with Crippen molar-refractivity contribution >= 4 is 5.82 Å². The fourth-order valence-electron chi connectivity index (χ4n) is 2.89. The Morgan fingerprint density at radius 1 is 1.25 bits per heavy atom. The zero-order chi connectivity index (χ0) is 13.6. The van der Waals surface area contributed by atoms with Gasteiger partial charge in [-0.3, -0.25) is 0 Å². The third-order valence-corrected chi connectivity index (χ3v) is 4.12. The topological polar surface area (TPSA) is 37.4 Å². The standard InChI is InChI=1S/C16H23N3O/c1-3-9-17-16(6-1)19-10-7-14(8-11-19)18-13-15-5-2-4-12-20-15/h1,3-4,6,9,12,14-15,18H,2,5,7-8,10-11,13H2. The van der Waals surface area contributed by atoms with Crippen molar-refractivity contribution in [3.8, 4) is 0 Å². The van der Waals surface area contributed by atoms with E-state index >= 15 is 0 Å². The Bertz CT molecular complexity index is 427. The highest BCUT2D eigenvalue weighted by Gasteiger charge is 2.21. The van der Waals surface area contributed by atoms with Crippen LogP contribution < -0.4 is 10.2 Å². The SMILES string of the molecule is C1=COC(CNC2CCN(c3ccccn3)CC2)CC1. The molecule has 20 heavy (non-hydrogen) atoms. The molecule has 0 bridgehead atoms. The summed E-state index contributed by atoms with van der Waals surface area (Å²) in [7, 11) is 0. The first-order valence-electron chi connectivity index (χ1n) is 7.61. The van der Waals surface area contributed by atoms with Gasteiger partial charge in [0.05, 0.1) is 6.26 Å². The molecule has 3 heterocycles. The molecule has 0 spiro atoms. The quantitative estimate of drug-likeness (QED) is 0.913. The largest absolute Gasteiger partial charge is 0.497 e. The number of rotatable bonds is 4. The summed E-state index contributed by atoms with van der Waals surface area (Å²) >= 11 is 0. The lowest BCUT2D eigenvalue weighted by Crippen LogP contribution is -2.45. The molecule has 1 fully saturated rings. The highest BCUT2D eigenvalue weighted by molar-refractivity contribution is 5.38. The van der Waals surface area contributed by atoms with Gasteiger partial charge in [0, 0.05) is 31.9 Å². The Balaban J connectivity index is 1.41. The maximum atomic E-state index is 5.60. The highest BCUT2D eigenvalue weighted by atomic mass is 16.5. The minimum absolute atomic E-state index is 0.355. The van der Waals surface area contributed by atoms with E-state index in [9.17, 15) is 0 Å². The second-order valence-corrected chi connectivity index (χ2v) is 5.56. The van der Waals surface area contributed by atoms with Crippen molar-refractivity contribution in [2.45, 2.75) is 37.8 Å². The van der Waals surface area contributed by atoms with Crippen molar-refractivity contribution < 1.29 is 4.74 Å². The number of pyridine rings is 1. The van der Waals surface area contributed by atoms with E-state index in [1.807, 2.05) is 18.5 Å². The van der Waals surface area contributed by atoms with Crippen LogP contribution in [-0.4, -0.2) is 36.8 Å². The lowest BCUT2D eigenvalue weighted by atomic mass is 10.0. The molecule has 3 rings (SSSR count). The van der Waals surface area contributed by atoms with Gasteiger partial charge in [0.25, 0.3) is 0 Å². The molecule has 1 saturated heterocycles. The van der Waals surface area contributed by atoms with Crippen LogP contribution >= 0.6 is 0 Å². The summed E-state index contributed by atoms with van der Waals surface area (Å²) in [5, 5.41) is 3.66. The van der Waals surface area contributed by atoms with E-state index in [2.05, 4.69) is 33.4 Å². The monoisotopic (exact) mass is 273 g/mol. The Hall–Kier alpha value is -1.55. The molecule has 1 aromatic heterocycles. The Labute approximate surface area is 120 Å². The summed E-state index contributed by atoms with van der Waals surface area (Å²) in [5.41, 5.74) is 0. The molecule has 0 radical (unpaired) electrons. The molecule has 4 nitrogen and oxygen atoms in total. The first-order valence-corrected chi connectivity index (χ1v) is 7.61. The number of allylic oxidation sites excluding steroid dienone is 1. The third-order valence-electron chi connectivity index (χ3n) is 4.12. The number of anilines is 1. The summed E-state index contributed by atoms with van der Waals surface area (Å²) in [6, 6.07) is 6.73. The van der Waals surface area contributed by atoms with Gasteiger partial charge in [-0.05, 0) is 43.9 Å². The van der Waals surface area contributed by atoms with Crippen molar-refractivity contribution in [2.75, 3.05) is 24.5 Å². The second kappa shape index (κ2) is 6.75.